The van der Waals surface area contributed by atoms with Crippen LogP contribution < -0.4 is 0 Å². The van der Waals surface area contributed by atoms with Crippen molar-refractivity contribution >= 4 is 0 Å². The normalized spacial score (nSPS) is 54.6. The zero-order valence-corrected chi connectivity index (χ0v) is 13.1. The fourth-order valence-electron chi connectivity index (χ4n) is 6.52. The van der Waals surface area contributed by atoms with E-state index in [1.54, 1.807) is 5.57 Å². The third-order valence-corrected chi connectivity index (χ3v) is 7.88. The van der Waals surface area contributed by atoms with Crippen LogP contribution in [0.4, 0.5) is 4.39 Å². The van der Waals surface area contributed by atoms with Crippen molar-refractivity contribution in [3.05, 3.63) is 11.6 Å². The van der Waals surface area contributed by atoms with E-state index in [4.69, 9.17) is 0 Å². The molecular weight excluding hydrogens is 247 g/mol. The fraction of sp³-hybridized carbons (Fsp3) is 0.895. The average molecular weight is 276 g/mol. The lowest BCUT2D eigenvalue weighted by molar-refractivity contribution is -0.0665. The Bertz CT molecular complexity index is 435. The van der Waals surface area contributed by atoms with E-state index in [9.17, 15) is 0 Å². The summed E-state index contributed by atoms with van der Waals surface area (Å²) in [7, 11) is 0. The second kappa shape index (κ2) is 4.34. The molecule has 0 radical (unpaired) electrons. The minimum absolute atomic E-state index is 0.0238. The minimum atomic E-state index is -0.911. The highest BCUT2D eigenvalue weighted by atomic mass is 19.1. The Morgan fingerprint density at radius 3 is 2.75 bits per heavy atom. The zero-order valence-electron chi connectivity index (χ0n) is 13.1. The summed E-state index contributed by atoms with van der Waals surface area (Å²) in [5, 5.41) is 0. The molecule has 0 bridgehead atoms. The first-order valence-electron chi connectivity index (χ1n) is 8.91. The Morgan fingerprint density at radius 1 is 1.05 bits per heavy atom. The molecule has 0 aromatic heterocycles. The number of rotatable bonds is 0. The summed E-state index contributed by atoms with van der Waals surface area (Å²) in [5.74, 6) is 3.26. The summed E-state index contributed by atoms with van der Waals surface area (Å²) in [4.78, 5) is 0. The maximum Gasteiger partial charge on any atom is 0.113 e. The van der Waals surface area contributed by atoms with Crippen LogP contribution in [0.5, 0.6) is 0 Å². The number of halogens is 1. The van der Waals surface area contributed by atoms with Gasteiger partial charge in [0.1, 0.15) is 5.67 Å². The van der Waals surface area contributed by atoms with E-state index in [1.165, 1.54) is 38.5 Å². The SMILES string of the molecule is CC1(F)CCC2C3CCC4=CCCCC4C3CCC21C. The topological polar surface area (TPSA) is 0 Å². The molecule has 0 aromatic carbocycles. The van der Waals surface area contributed by atoms with Gasteiger partial charge in [0.25, 0.3) is 0 Å². The smallest absolute Gasteiger partial charge is 0.113 e. The van der Waals surface area contributed by atoms with E-state index in [1.807, 2.05) is 6.92 Å². The lowest BCUT2D eigenvalue weighted by Crippen LogP contribution is -2.49. The van der Waals surface area contributed by atoms with E-state index >= 15 is 4.39 Å². The van der Waals surface area contributed by atoms with Crippen LogP contribution in [-0.4, -0.2) is 5.67 Å². The molecule has 0 nitrogen and oxygen atoms in total. The molecule has 6 unspecified atom stereocenters. The third kappa shape index (κ3) is 1.64. The molecule has 1 heteroatoms. The summed E-state index contributed by atoms with van der Waals surface area (Å²) in [6.07, 6.45) is 13.7. The molecule has 0 saturated heterocycles. The Labute approximate surface area is 123 Å². The Morgan fingerprint density at radius 2 is 1.90 bits per heavy atom. The maximum atomic E-state index is 15.0. The molecule has 6 atom stereocenters. The van der Waals surface area contributed by atoms with Gasteiger partial charge in [-0.2, -0.15) is 0 Å². The van der Waals surface area contributed by atoms with Gasteiger partial charge in [0, 0.05) is 5.41 Å². The predicted molar refractivity (Wildman–Crippen MR) is 81.2 cm³/mol. The maximum absolute atomic E-state index is 15.0. The molecule has 0 heterocycles. The van der Waals surface area contributed by atoms with Gasteiger partial charge in [-0.15, -0.1) is 0 Å². The van der Waals surface area contributed by atoms with Gasteiger partial charge >= 0.3 is 0 Å². The van der Waals surface area contributed by atoms with Crippen LogP contribution in [0.1, 0.15) is 71.6 Å². The monoisotopic (exact) mass is 276 g/mol. The molecule has 3 fully saturated rings. The molecule has 0 amide bonds. The van der Waals surface area contributed by atoms with Crippen molar-refractivity contribution in [1.82, 2.24) is 0 Å². The van der Waals surface area contributed by atoms with Crippen LogP contribution in [0.15, 0.2) is 11.6 Å². The van der Waals surface area contributed by atoms with E-state index in [0.29, 0.717) is 5.92 Å². The summed E-state index contributed by atoms with van der Waals surface area (Å²) in [5.41, 5.74) is 0.845. The highest BCUT2D eigenvalue weighted by Crippen LogP contribution is 2.65. The van der Waals surface area contributed by atoms with E-state index in [2.05, 4.69) is 13.0 Å². The lowest BCUT2D eigenvalue weighted by atomic mass is 9.51. The molecule has 20 heavy (non-hydrogen) atoms. The second-order valence-electron chi connectivity index (χ2n) is 8.48. The molecule has 4 rings (SSSR count). The Hall–Kier alpha value is -0.330. The van der Waals surface area contributed by atoms with Gasteiger partial charge in [0.05, 0.1) is 0 Å². The number of hydrogen-bond acceptors (Lipinski definition) is 0. The van der Waals surface area contributed by atoms with Crippen molar-refractivity contribution in [2.75, 3.05) is 0 Å². The van der Waals surface area contributed by atoms with Crippen LogP contribution in [0, 0.1) is 29.1 Å². The molecule has 0 aliphatic heterocycles. The van der Waals surface area contributed by atoms with Gasteiger partial charge in [-0.3, -0.25) is 0 Å². The van der Waals surface area contributed by atoms with Crippen molar-refractivity contribution in [2.24, 2.45) is 29.1 Å². The van der Waals surface area contributed by atoms with Crippen LogP contribution in [-0.2, 0) is 0 Å². The second-order valence-corrected chi connectivity index (χ2v) is 8.48. The summed E-state index contributed by atoms with van der Waals surface area (Å²) in [6, 6.07) is 0. The minimum Gasteiger partial charge on any atom is -0.244 e. The van der Waals surface area contributed by atoms with Crippen LogP contribution >= 0.6 is 0 Å². The molecule has 3 saturated carbocycles. The van der Waals surface area contributed by atoms with E-state index < -0.39 is 5.67 Å². The lowest BCUT2D eigenvalue weighted by Gasteiger charge is -2.54. The molecule has 4 aliphatic rings. The Kier molecular flexibility index (Phi) is 2.89. The molecule has 112 valence electrons. The van der Waals surface area contributed by atoms with Gasteiger partial charge in [0.2, 0.25) is 0 Å². The summed E-state index contributed by atoms with van der Waals surface area (Å²) >= 11 is 0. The van der Waals surface area contributed by atoms with E-state index in [0.717, 1.165) is 37.0 Å². The number of allylic oxidation sites excluding steroid dienone is 2. The molecule has 0 aromatic rings. The quantitative estimate of drug-likeness (QED) is 0.499. The summed E-state index contributed by atoms with van der Waals surface area (Å²) < 4.78 is 15.0. The average Bonchev–Trinajstić information content (AvgIpc) is 2.69. The fourth-order valence-corrected chi connectivity index (χ4v) is 6.52. The number of hydrogen-bond donors (Lipinski definition) is 0. The van der Waals surface area contributed by atoms with Gasteiger partial charge in [-0.25, -0.2) is 4.39 Å². The molecule has 4 aliphatic carbocycles. The standard InChI is InChI=1S/C19H29F/c1-18-11-9-15-14-6-4-3-5-13(14)7-8-16(15)17(18)10-12-19(18,2)20/h5,14-17H,3-4,6-12H2,1-2H3. The third-order valence-electron chi connectivity index (χ3n) is 7.88. The van der Waals surface area contributed by atoms with Gasteiger partial charge in [0.15, 0.2) is 0 Å². The number of fused-ring (bicyclic) bond motifs is 5. The van der Waals surface area contributed by atoms with Gasteiger partial charge < -0.3 is 0 Å². The van der Waals surface area contributed by atoms with Crippen molar-refractivity contribution < 1.29 is 4.39 Å². The van der Waals surface area contributed by atoms with E-state index in [-0.39, 0.29) is 5.41 Å². The van der Waals surface area contributed by atoms with Crippen LogP contribution in [0.2, 0.25) is 0 Å². The molecule has 0 N–H and O–H groups in total. The molecular formula is C19H29F. The number of alkyl halides is 1. The predicted octanol–water partition coefficient (Wildman–Crippen LogP) is 5.68. The van der Waals surface area contributed by atoms with Crippen molar-refractivity contribution in [3.8, 4) is 0 Å². The van der Waals surface area contributed by atoms with Gasteiger partial charge in [-0.1, -0.05) is 18.6 Å². The zero-order chi connectivity index (χ0) is 14.0. The first-order valence-corrected chi connectivity index (χ1v) is 8.91. The van der Waals surface area contributed by atoms with Crippen molar-refractivity contribution in [1.29, 1.82) is 0 Å². The van der Waals surface area contributed by atoms with Crippen molar-refractivity contribution in [2.45, 2.75) is 77.3 Å². The summed E-state index contributed by atoms with van der Waals surface area (Å²) in [6.45, 7) is 4.16. The van der Waals surface area contributed by atoms with Crippen LogP contribution in [0.25, 0.3) is 0 Å². The highest BCUT2D eigenvalue weighted by molar-refractivity contribution is 5.19. The van der Waals surface area contributed by atoms with Crippen LogP contribution in [0.3, 0.4) is 0 Å². The molecule has 0 spiro atoms. The first kappa shape index (κ1) is 13.3. The Balaban J connectivity index is 1.65. The highest BCUT2D eigenvalue weighted by Gasteiger charge is 2.61. The first-order chi connectivity index (χ1) is 9.53. The van der Waals surface area contributed by atoms with Crippen molar-refractivity contribution in [3.63, 3.8) is 0 Å². The largest absolute Gasteiger partial charge is 0.244 e. The van der Waals surface area contributed by atoms with Gasteiger partial charge in [-0.05, 0) is 88.4 Å².